The van der Waals surface area contributed by atoms with Crippen LogP contribution in [0, 0.1) is 12.3 Å². The average molecular weight is 382 g/mol. The number of carbonyl (C=O) groups is 1. The van der Waals surface area contributed by atoms with Crippen LogP contribution in [0.4, 0.5) is 0 Å². The third kappa shape index (κ3) is 5.88. The summed E-state index contributed by atoms with van der Waals surface area (Å²) in [5.74, 6) is 2.69. The van der Waals surface area contributed by atoms with Crippen LogP contribution in [0.15, 0.2) is 40.6 Å². The van der Waals surface area contributed by atoms with E-state index in [4.69, 9.17) is 6.42 Å². The van der Waals surface area contributed by atoms with Crippen LogP contribution >= 0.6 is 0 Å². The van der Waals surface area contributed by atoms with Gasteiger partial charge in [0.1, 0.15) is 0 Å². The van der Waals surface area contributed by atoms with Crippen molar-refractivity contribution in [2.24, 2.45) is 10.2 Å². The molecule has 28 heavy (non-hydrogen) atoms. The summed E-state index contributed by atoms with van der Waals surface area (Å²) < 4.78 is 0. The second-order valence-electron chi connectivity index (χ2n) is 7.81. The molecule has 6 heteroatoms. The van der Waals surface area contributed by atoms with Crippen LogP contribution in [0.5, 0.6) is 0 Å². The summed E-state index contributed by atoms with van der Waals surface area (Å²) >= 11 is 0. The SMILES string of the molecule is C#CCCC1(CCC(=O)NCCCN2CCN(C)CC2c2ccccc2)N=N1. The van der Waals surface area contributed by atoms with E-state index in [1.165, 1.54) is 5.56 Å². The molecule has 1 saturated heterocycles. The van der Waals surface area contributed by atoms with Crippen LogP contribution in [0.3, 0.4) is 0 Å². The van der Waals surface area contributed by atoms with Gasteiger partial charge < -0.3 is 10.2 Å². The fourth-order valence-corrected chi connectivity index (χ4v) is 3.80. The van der Waals surface area contributed by atoms with Crippen molar-refractivity contribution in [1.29, 1.82) is 0 Å². The quantitative estimate of drug-likeness (QED) is 0.501. The Morgan fingerprint density at radius 3 is 2.79 bits per heavy atom. The molecule has 1 aromatic carbocycles. The van der Waals surface area contributed by atoms with E-state index in [2.05, 4.69) is 68.6 Å². The van der Waals surface area contributed by atoms with Crippen molar-refractivity contribution in [3.05, 3.63) is 35.9 Å². The van der Waals surface area contributed by atoms with Crippen molar-refractivity contribution in [2.75, 3.05) is 39.8 Å². The lowest BCUT2D eigenvalue weighted by atomic mass is 10.0. The largest absolute Gasteiger partial charge is 0.356 e. The molecule has 1 N–H and O–H groups in total. The first-order valence-electron chi connectivity index (χ1n) is 10.2. The molecule has 0 radical (unpaired) electrons. The van der Waals surface area contributed by atoms with Gasteiger partial charge in [-0.15, -0.1) is 12.3 Å². The maximum Gasteiger partial charge on any atom is 0.220 e. The predicted octanol–water partition coefficient (Wildman–Crippen LogP) is 2.84. The highest BCUT2D eigenvalue weighted by Crippen LogP contribution is 2.37. The standard InChI is InChI=1S/C22H31N5O/c1-3-4-12-22(24-25-22)13-11-21(28)23-14-8-15-27-17-16-26(2)18-20(27)19-9-6-5-7-10-19/h1,5-7,9-10,20H,4,8,11-18H2,2H3,(H,23,28). The molecule has 6 nitrogen and oxygen atoms in total. The van der Waals surface area contributed by atoms with Gasteiger partial charge in [-0.25, -0.2) is 0 Å². The van der Waals surface area contributed by atoms with Gasteiger partial charge in [0.25, 0.3) is 0 Å². The van der Waals surface area contributed by atoms with Crippen molar-refractivity contribution >= 4 is 5.91 Å². The fourth-order valence-electron chi connectivity index (χ4n) is 3.80. The minimum Gasteiger partial charge on any atom is -0.356 e. The van der Waals surface area contributed by atoms with Gasteiger partial charge in [-0.2, -0.15) is 10.2 Å². The van der Waals surface area contributed by atoms with Gasteiger partial charge in [-0.05, 0) is 19.0 Å². The molecule has 1 unspecified atom stereocenters. The summed E-state index contributed by atoms with van der Waals surface area (Å²) in [6, 6.07) is 11.1. The Hall–Kier alpha value is -2.23. The lowest BCUT2D eigenvalue weighted by molar-refractivity contribution is -0.121. The van der Waals surface area contributed by atoms with Crippen molar-refractivity contribution in [3.63, 3.8) is 0 Å². The van der Waals surface area contributed by atoms with E-state index in [9.17, 15) is 4.79 Å². The number of terminal acetylenes is 1. The van der Waals surface area contributed by atoms with Crippen LogP contribution in [0.1, 0.15) is 43.7 Å². The molecule has 2 aliphatic rings. The predicted molar refractivity (Wildman–Crippen MR) is 111 cm³/mol. The Bertz CT molecular complexity index is 705. The summed E-state index contributed by atoms with van der Waals surface area (Å²) in [7, 11) is 2.18. The minimum absolute atomic E-state index is 0.0790. The van der Waals surface area contributed by atoms with Gasteiger partial charge in [-0.1, -0.05) is 30.3 Å². The Morgan fingerprint density at radius 2 is 2.07 bits per heavy atom. The van der Waals surface area contributed by atoms with Crippen LogP contribution in [-0.4, -0.2) is 61.1 Å². The van der Waals surface area contributed by atoms with Crippen LogP contribution in [0.25, 0.3) is 0 Å². The second kappa shape index (κ2) is 9.81. The molecule has 150 valence electrons. The number of piperazine rings is 1. The molecule has 2 heterocycles. The van der Waals surface area contributed by atoms with Gasteiger partial charge >= 0.3 is 0 Å². The number of hydrogen-bond acceptors (Lipinski definition) is 5. The minimum atomic E-state index is -0.369. The van der Waals surface area contributed by atoms with E-state index >= 15 is 0 Å². The van der Waals surface area contributed by atoms with Gasteiger partial charge in [-0.3, -0.25) is 9.69 Å². The van der Waals surface area contributed by atoms with Crippen molar-refractivity contribution in [1.82, 2.24) is 15.1 Å². The maximum atomic E-state index is 12.1. The Labute approximate surface area is 168 Å². The first-order chi connectivity index (χ1) is 13.6. The Morgan fingerprint density at radius 1 is 1.29 bits per heavy atom. The van der Waals surface area contributed by atoms with Gasteiger partial charge in [0, 0.05) is 64.4 Å². The molecule has 1 aromatic rings. The van der Waals surface area contributed by atoms with Crippen LogP contribution < -0.4 is 5.32 Å². The normalized spacial score (nSPS) is 21.2. The number of nitrogens with one attached hydrogen (secondary N) is 1. The first-order valence-corrected chi connectivity index (χ1v) is 10.2. The third-order valence-corrected chi connectivity index (χ3v) is 5.63. The monoisotopic (exact) mass is 381 g/mol. The van der Waals surface area contributed by atoms with Gasteiger partial charge in [0.15, 0.2) is 5.66 Å². The highest BCUT2D eigenvalue weighted by atomic mass is 16.1. The second-order valence-corrected chi connectivity index (χ2v) is 7.81. The zero-order valence-corrected chi connectivity index (χ0v) is 16.8. The average Bonchev–Trinajstić information content (AvgIpc) is 3.50. The zero-order valence-electron chi connectivity index (χ0n) is 16.8. The van der Waals surface area contributed by atoms with E-state index in [1.807, 2.05) is 0 Å². The molecule has 0 aliphatic carbocycles. The van der Waals surface area contributed by atoms with E-state index in [0.29, 0.717) is 31.8 Å². The smallest absolute Gasteiger partial charge is 0.220 e. The van der Waals surface area contributed by atoms with E-state index in [0.717, 1.165) is 39.0 Å². The van der Waals surface area contributed by atoms with Crippen molar-refractivity contribution in [3.8, 4) is 12.3 Å². The molecule has 3 rings (SSSR count). The van der Waals surface area contributed by atoms with Crippen LogP contribution in [0.2, 0.25) is 0 Å². The maximum absolute atomic E-state index is 12.1. The summed E-state index contributed by atoms with van der Waals surface area (Å²) in [6.45, 7) is 4.89. The van der Waals surface area contributed by atoms with Crippen molar-refractivity contribution in [2.45, 2.75) is 43.8 Å². The molecule has 2 aliphatic heterocycles. The Kier molecular flexibility index (Phi) is 7.18. The number of amides is 1. The molecule has 1 fully saturated rings. The summed E-state index contributed by atoms with van der Waals surface area (Å²) in [5.41, 5.74) is 0.999. The zero-order chi connectivity index (χ0) is 19.8. The topological polar surface area (TPSA) is 60.3 Å². The number of rotatable bonds is 10. The highest BCUT2D eigenvalue weighted by Gasteiger charge is 2.39. The molecular formula is C22H31N5O. The Balaban J connectivity index is 1.37. The van der Waals surface area contributed by atoms with E-state index < -0.39 is 0 Å². The lowest BCUT2D eigenvalue weighted by Crippen LogP contribution is -2.47. The summed E-state index contributed by atoms with van der Waals surface area (Å²) in [4.78, 5) is 17.0. The molecule has 0 spiro atoms. The summed E-state index contributed by atoms with van der Waals surface area (Å²) in [6.07, 6.45) is 8.78. The molecule has 0 aromatic heterocycles. The number of hydrogen-bond donors (Lipinski definition) is 1. The molecule has 1 atom stereocenters. The highest BCUT2D eigenvalue weighted by molar-refractivity contribution is 5.75. The molecule has 0 saturated carbocycles. The molecule has 1 amide bonds. The van der Waals surface area contributed by atoms with E-state index in [-0.39, 0.29) is 11.6 Å². The van der Waals surface area contributed by atoms with E-state index in [1.54, 1.807) is 0 Å². The lowest BCUT2D eigenvalue weighted by Gasteiger charge is -2.40. The number of likely N-dealkylation sites (N-methyl/N-ethyl adjacent to an activating group) is 1. The van der Waals surface area contributed by atoms with Gasteiger partial charge in [0.05, 0.1) is 0 Å². The molecule has 0 bridgehead atoms. The van der Waals surface area contributed by atoms with Gasteiger partial charge in [0.2, 0.25) is 5.91 Å². The third-order valence-electron chi connectivity index (χ3n) is 5.63. The first kappa shape index (κ1) is 20.5. The number of carbonyl (C=O) groups excluding carboxylic acids is 1. The molecular weight excluding hydrogens is 350 g/mol. The fraction of sp³-hybridized carbons (Fsp3) is 0.591. The number of benzene rings is 1. The summed E-state index contributed by atoms with van der Waals surface area (Å²) in [5, 5.41) is 11.2. The van der Waals surface area contributed by atoms with Crippen molar-refractivity contribution < 1.29 is 4.79 Å². The number of nitrogens with zero attached hydrogens (tertiary/aromatic N) is 4. The van der Waals surface area contributed by atoms with Crippen LogP contribution in [-0.2, 0) is 4.79 Å².